The van der Waals surface area contributed by atoms with Crippen molar-refractivity contribution >= 4 is 22.6 Å². The average Bonchev–Trinajstić information content (AvgIpc) is 2.66. The first-order valence-electron chi connectivity index (χ1n) is 9.14. The molecule has 156 valence electrons. The molecule has 1 saturated carbocycles. The van der Waals surface area contributed by atoms with Crippen molar-refractivity contribution in [3.8, 4) is 0 Å². The fourth-order valence-corrected chi connectivity index (χ4v) is 3.36. The summed E-state index contributed by atoms with van der Waals surface area (Å²) in [5.41, 5.74) is -1.50. The summed E-state index contributed by atoms with van der Waals surface area (Å²) >= 11 is 0. The lowest BCUT2D eigenvalue weighted by molar-refractivity contribution is -0.117. The molecule has 3 aromatic rings. The summed E-state index contributed by atoms with van der Waals surface area (Å²) in [6, 6.07) is 2.72. The first-order valence-corrected chi connectivity index (χ1v) is 9.14. The summed E-state index contributed by atoms with van der Waals surface area (Å²) in [5.74, 6) is -2.73. The van der Waals surface area contributed by atoms with Crippen LogP contribution in [0.3, 0.4) is 0 Å². The zero-order valence-corrected chi connectivity index (χ0v) is 15.4. The number of alkyl halides is 2. The Labute approximate surface area is 166 Å². The van der Waals surface area contributed by atoms with Crippen molar-refractivity contribution in [1.29, 1.82) is 0 Å². The molecule has 1 aromatic carbocycles. The summed E-state index contributed by atoms with van der Waals surface area (Å²) in [5, 5.41) is 4.96. The lowest BCUT2D eigenvalue weighted by Crippen LogP contribution is -2.31. The van der Waals surface area contributed by atoms with Crippen LogP contribution in [-0.4, -0.2) is 25.7 Å². The molecule has 1 fully saturated rings. The van der Waals surface area contributed by atoms with Crippen LogP contribution in [0.1, 0.15) is 42.9 Å². The molecule has 0 radical (unpaired) electrons. The fourth-order valence-electron chi connectivity index (χ4n) is 3.36. The highest BCUT2D eigenvalue weighted by Gasteiger charge is 2.28. The van der Waals surface area contributed by atoms with E-state index in [1.165, 1.54) is 12.1 Å². The molecule has 1 N–H and O–H groups in total. The SMILES string of the molecule is O=C(Cn1nc(C(F)F)c2c(F)c(C3CCC3)ccc2c1=O)Nc1ncc(F)cn1. The Kier molecular flexibility index (Phi) is 5.18. The molecule has 0 bridgehead atoms. The molecule has 4 rings (SSSR count). The molecule has 11 heteroatoms. The Morgan fingerprint density at radius 2 is 1.90 bits per heavy atom. The second-order valence-electron chi connectivity index (χ2n) is 6.94. The van der Waals surface area contributed by atoms with Crippen molar-refractivity contribution in [3.63, 3.8) is 0 Å². The number of nitrogens with one attached hydrogen (secondary N) is 1. The van der Waals surface area contributed by atoms with Gasteiger partial charge in [-0.25, -0.2) is 32.2 Å². The number of carbonyl (C=O) groups excluding carboxylic acids is 1. The van der Waals surface area contributed by atoms with Crippen LogP contribution < -0.4 is 10.9 Å². The fraction of sp³-hybridized carbons (Fsp3) is 0.316. The number of anilines is 1. The van der Waals surface area contributed by atoms with Gasteiger partial charge < -0.3 is 0 Å². The highest BCUT2D eigenvalue weighted by Crippen LogP contribution is 2.40. The average molecular weight is 421 g/mol. The van der Waals surface area contributed by atoms with Gasteiger partial charge in [-0.3, -0.25) is 14.9 Å². The molecule has 30 heavy (non-hydrogen) atoms. The maximum absolute atomic E-state index is 15.0. The number of aromatic nitrogens is 4. The van der Waals surface area contributed by atoms with E-state index in [1.54, 1.807) is 0 Å². The van der Waals surface area contributed by atoms with Crippen molar-refractivity contribution < 1.29 is 22.4 Å². The van der Waals surface area contributed by atoms with Crippen LogP contribution in [0, 0.1) is 11.6 Å². The van der Waals surface area contributed by atoms with Gasteiger partial charge in [-0.15, -0.1) is 0 Å². The number of benzene rings is 1. The molecule has 7 nitrogen and oxygen atoms in total. The standard InChI is InChI=1S/C19H15F4N5O2/c20-10-6-24-19(25-7-10)26-13(29)8-28-18(30)12-5-4-11(9-2-1-3-9)15(21)14(12)16(27-28)17(22)23/h4-7,9,17H,1-3,8H2,(H,24,25,26,29). The van der Waals surface area contributed by atoms with Gasteiger partial charge in [-0.05, 0) is 30.4 Å². The van der Waals surface area contributed by atoms with Crippen molar-refractivity contribution in [1.82, 2.24) is 19.7 Å². The Bertz CT molecular complexity index is 1180. The highest BCUT2D eigenvalue weighted by atomic mass is 19.3. The molecule has 0 atom stereocenters. The highest BCUT2D eigenvalue weighted by molar-refractivity contribution is 5.89. The van der Waals surface area contributed by atoms with Gasteiger partial charge in [0, 0.05) is 0 Å². The number of amides is 1. The third-order valence-corrected chi connectivity index (χ3v) is 5.04. The second-order valence-corrected chi connectivity index (χ2v) is 6.94. The molecule has 0 unspecified atom stereocenters. The van der Waals surface area contributed by atoms with Gasteiger partial charge in [0.25, 0.3) is 12.0 Å². The first-order chi connectivity index (χ1) is 14.3. The molecule has 0 aliphatic heterocycles. The topological polar surface area (TPSA) is 89.8 Å². The van der Waals surface area contributed by atoms with Gasteiger partial charge in [0.15, 0.2) is 5.82 Å². The van der Waals surface area contributed by atoms with Gasteiger partial charge >= 0.3 is 0 Å². The van der Waals surface area contributed by atoms with Crippen LogP contribution >= 0.6 is 0 Å². The van der Waals surface area contributed by atoms with Crippen molar-refractivity contribution in [2.75, 3.05) is 5.32 Å². The van der Waals surface area contributed by atoms with E-state index in [4.69, 9.17) is 0 Å². The number of hydrogen-bond acceptors (Lipinski definition) is 5. The molecule has 0 saturated heterocycles. The predicted molar refractivity (Wildman–Crippen MR) is 98.1 cm³/mol. The normalized spacial score (nSPS) is 14.2. The number of halogens is 4. The maximum Gasteiger partial charge on any atom is 0.282 e. The van der Waals surface area contributed by atoms with Crippen molar-refractivity contribution in [2.45, 2.75) is 38.2 Å². The third-order valence-electron chi connectivity index (χ3n) is 5.04. The van der Waals surface area contributed by atoms with E-state index in [9.17, 15) is 22.8 Å². The van der Waals surface area contributed by atoms with Crippen molar-refractivity contribution in [2.24, 2.45) is 0 Å². The molecule has 1 amide bonds. The quantitative estimate of drug-likeness (QED) is 0.639. The monoisotopic (exact) mass is 421 g/mol. The number of carbonyl (C=O) groups is 1. The number of hydrogen-bond donors (Lipinski definition) is 1. The smallest absolute Gasteiger partial charge is 0.282 e. The number of rotatable bonds is 5. The zero-order valence-electron chi connectivity index (χ0n) is 15.4. The van der Waals surface area contributed by atoms with E-state index in [-0.39, 0.29) is 17.3 Å². The van der Waals surface area contributed by atoms with E-state index in [0.717, 1.165) is 31.7 Å². The van der Waals surface area contributed by atoms with Crippen molar-refractivity contribution in [3.05, 3.63) is 57.8 Å². The lowest BCUT2D eigenvalue weighted by Gasteiger charge is -2.26. The summed E-state index contributed by atoms with van der Waals surface area (Å²) in [6.07, 6.45) is 0.914. The van der Waals surface area contributed by atoms with Crippen LogP contribution in [0.15, 0.2) is 29.3 Å². The third kappa shape index (κ3) is 3.62. The Balaban J connectivity index is 1.72. The largest absolute Gasteiger partial charge is 0.293 e. The number of fused-ring (bicyclic) bond motifs is 1. The van der Waals surface area contributed by atoms with Crippen LogP contribution in [-0.2, 0) is 11.3 Å². The van der Waals surface area contributed by atoms with E-state index >= 15 is 4.39 Å². The van der Waals surface area contributed by atoms with E-state index < -0.39 is 47.2 Å². The summed E-state index contributed by atoms with van der Waals surface area (Å²) in [6.45, 7) is -0.735. The summed E-state index contributed by atoms with van der Waals surface area (Å²) in [7, 11) is 0. The maximum atomic E-state index is 15.0. The molecular formula is C19H15F4N5O2. The van der Waals surface area contributed by atoms with Gasteiger partial charge in [-0.2, -0.15) is 5.10 Å². The van der Waals surface area contributed by atoms with Crippen LogP contribution in [0.4, 0.5) is 23.5 Å². The second kappa shape index (κ2) is 7.81. The minimum atomic E-state index is -3.16. The van der Waals surface area contributed by atoms with Gasteiger partial charge in [0.1, 0.15) is 18.1 Å². The predicted octanol–water partition coefficient (Wildman–Crippen LogP) is 3.31. The van der Waals surface area contributed by atoms with Gasteiger partial charge in [0.2, 0.25) is 11.9 Å². The van der Waals surface area contributed by atoms with Gasteiger partial charge in [-0.1, -0.05) is 12.5 Å². The Morgan fingerprint density at radius 1 is 1.20 bits per heavy atom. The molecule has 2 heterocycles. The van der Waals surface area contributed by atoms with E-state index in [2.05, 4.69) is 20.4 Å². The Morgan fingerprint density at radius 3 is 2.50 bits per heavy atom. The van der Waals surface area contributed by atoms with E-state index in [0.29, 0.717) is 10.2 Å². The number of nitrogens with zero attached hydrogens (tertiary/aromatic N) is 4. The Hall–Kier alpha value is -3.37. The summed E-state index contributed by atoms with van der Waals surface area (Å²) < 4.78 is 55.7. The van der Waals surface area contributed by atoms with Crippen LogP contribution in [0.5, 0.6) is 0 Å². The minimum Gasteiger partial charge on any atom is -0.293 e. The zero-order chi connectivity index (χ0) is 21.4. The molecule has 1 aliphatic rings. The van der Waals surface area contributed by atoms with E-state index in [1.807, 2.05) is 0 Å². The minimum absolute atomic E-state index is 0.0659. The summed E-state index contributed by atoms with van der Waals surface area (Å²) in [4.78, 5) is 31.9. The molecule has 0 spiro atoms. The first kappa shape index (κ1) is 19.9. The van der Waals surface area contributed by atoms with Crippen LogP contribution in [0.25, 0.3) is 10.8 Å². The molecule has 2 aromatic heterocycles. The molecule has 1 aliphatic carbocycles. The lowest BCUT2D eigenvalue weighted by atomic mass is 9.79. The van der Waals surface area contributed by atoms with Crippen LogP contribution in [0.2, 0.25) is 0 Å². The molecular weight excluding hydrogens is 406 g/mol. The van der Waals surface area contributed by atoms with Gasteiger partial charge in [0.05, 0.1) is 23.2 Å².